The summed E-state index contributed by atoms with van der Waals surface area (Å²) in [5.74, 6) is -0.611. The number of aromatic nitrogens is 1. The third-order valence-corrected chi connectivity index (χ3v) is 6.50. The van der Waals surface area contributed by atoms with Crippen LogP contribution in [0.5, 0.6) is 0 Å². The van der Waals surface area contributed by atoms with Crippen LogP contribution in [0, 0.1) is 0 Å². The third-order valence-electron chi connectivity index (χ3n) is 5.23. The SMILES string of the molecule is CN(C)CCCN(C(=O)c1ccc(N2C(=O)CCC2=O)cc1)c1nc2ccc(Cl)cc2s1.Cl. The Bertz CT molecular complexity index is 1160. The Morgan fingerprint density at radius 1 is 1.06 bits per heavy atom. The van der Waals surface area contributed by atoms with Crippen LogP contribution in [-0.4, -0.2) is 54.8 Å². The normalized spacial score (nSPS) is 13.6. The van der Waals surface area contributed by atoms with E-state index in [4.69, 9.17) is 11.6 Å². The monoisotopic (exact) mass is 506 g/mol. The number of halogens is 2. The zero-order chi connectivity index (χ0) is 22.8. The lowest BCUT2D eigenvalue weighted by Gasteiger charge is -2.21. The van der Waals surface area contributed by atoms with E-state index < -0.39 is 0 Å². The summed E-state index contributed by atoms with van der Waals surface area (Å²) < 4.78 is 0.916. The van der Waals surface area contributed by atoms with E-state index in [1.807, 2.05) is 26.2 Å². The molecule has 0 unspecified atom stereocenters. The number of hydrogen-bond acceptors (Lipinski definition) is 6. The summed E-state index contributed by atoms with van der Waals surface area (Å²) in [6, 6.07) is 12.1. The average molecular weight is 507 g/mol. The molecule has 0 aliphatic carbocycles. The first-order valence-corrected chi connectivity index (χ1v) is 11.5. The zero-order valence-corrected chi connectivity index (χ0v) is 20.7. The lowest BCUT2D eigenvalue weighted by molar-refractivity contribution is -0.121. The van der Waals surface area contributed by atoms with Gasteiger partial charge in [0.25, 0.3) is 5.91 Å². The van der Waals surface area contributed by atoms with Crippen molar-refractivity contribution >= 4 is 74.1 Å². The standard InChI is InChI=1S/C23H23ClN4O3S.ClH/c1-26(2)12-3-13-27(23-25-18-9-6-16(24)14-19(18)32-23)22(31)15-4-7-17(8-5-15)28-20(29)10-11-21(28)30;/h4-9,14H,3,10-13H2,1-2H3;1H. The topological polar surface area (TPSA) is 73.8 Å². The van der Waals surface area contributed by atoms with Crippen LogP contribution in [0.25, 0.3) is 10.2 Å². The molecule has 7 nitrogen and oxygen atoms in total. The van der Waals surface area contributed by atoms with Crippen molar-refractivity contribution in [2.24, 2.45) is 0 Å². The van der Waals surface area contributed by atoms with Gasteiger partial charge in [-0.25, -0.2) is 4.98 Å². The molecule has 1 aliphatic rings. The highest BCUT2D eigenvalue weighted by Crippen LogP contribution is 2.32. The van der Waals surface area contributed by atoms with Crippen molar-refractivity contribution < 1.29 is 14.4 Å². The number of carbonyl (C=O) groups is 3. The predicted molar refractivity (Wildman–Crippen MR) is 135 cm³/mol. The van der Waals surface area contributed by atoms with E-state index in [1.165, 1.54) is 16.2 Å². The van der Waals surface area contributed by atoms with E-state index in [2.05, 4.69) is 9.88 Å². The number of rotatable bonds is 7. The fourth-order valence-corrected chi connectivity index (χ4v) is 4.87. The fraction of sp³-hybridized carbons (Fsp3) is 0.304. The highest BCUT2D eigenvalue weighted by molar-refractivity contribution is 7.22. The minimum Gasteiger partial charge on any atom is -0.309 e. The molecule has 0 atom stereocenters. The second-order valence-corrected chi connectivity index (χ2v) is 9.34. The number of nitrogens with zero attached hydrogens (tertiary/aromatic N) is 4. The molecule has 1 saturated heterocycles. The number of fused-ring (bicyclic) bond motifs is 1. The van der Waals surface area contributed by atoms with Crippen LogP contribution in [0.1, 0.15) is 29.6 Å². The van der Waals surface area contributed by atoms with Crippen molar-refractivity contribution in [1.29, 1.82) is 0 Å². The van der Waals surface area contributed by atoms with E-state index in [9.17, 15) is 14.4 Å². The Hall–Kier alpha value is -2.52. The van der Waals surface area contributed by atoms with Crippen molar-refractivity contribution in [2.75, 3.05) is 37.0 Å². The maximum Gasteiger partial charge on any atom is 0.260 e. The van der Waals surface area contributed by atoms with Crippen molar-refractivity contribution in [3.63, 3.8) is 0 Å². The van der Waals surface area contributed by atoms with Crippen LogP contribution in [0.4, 0.5) is 10.8 Å². The molecular formula is C23H24Cl2N4O3S. The molecule has 3 amide bonds. The van der Waals surface area contributed by atoms with Crippen molar-refractivity contribution in [3.05, 3.63) is 53.1 Å². The van der Waals surface area contributed by atoms with E-state index in [1.54, 1.807) is 35.2 Å². The van der Waals surface area contributed by atoms with Gasteiger partial charge in [-0.3, -0.25) is 24.2 Å². The van der Waals surface area contributed by atoms with Gasteiger partial charge in [0.05, 0.1) is 15.9 Å². The van der Waals surface area contributed by atoms with Crippen LogP contribution < -0.4 is 9.80 Å². The lowest BCUT2D eigenvalue weighted by atomic mass is 10.1. The molecule has 0 spiro atoms. The number of anilines is 2. The number of carbonyl (C=O) groups excluding carboxylic acids is 3. The summed E-state index contributed by atoms with van der Waals surface area (Å²) in [6.07, 6.45) is 1.23. The second-order valence-electron chi connectivity index (χ2n) is 7.89. The first kappa shape index (κ1) is 25.1. The van der Waals surface area contributed by atoms with Crippen molar-refractivity contribution in [2.45, 2.75) is 19.3 Å². The van der Waals surface area contributed by atoms with Crippen molar-refractivity contribution in [3.8, 4) is 0 Å². The molecule has 0 saturated carbocycles. The van der Waals surface area contributed by atoms with Crippen LogP contribution in [0.2, 0.25) is 5.02 Å². The van der Waals surface area contributed by atoms with E-state index >= 15 is 0 Å². The number of benzene rings is 2. The minimum absolute atomic E-state index is 0. The van der Waals surface area contributed by atoms with Gasteiger partial charge >= 0.3 is 0 Å². The van der Waals surface area contributed by atoms with Crippen LogP contribution >= 0.6 is 35.3 Å². The zero-order valence-electron chi connectivity index (χ0n) is 18.3. The summed E-state index contributed by atoms with van der Waals surface area (Å²) in [7, 11) is 3.98. The fourth-order valence-electron chi connectivity index (χ4n) is 3.60. The number of amides is 3. The number of thiazole rings is 1. The Balaban J connectivity index is 0.00000306. The molecular weight excluding hydrogens is 483 g/mol. The van der Waals surface area contributed by atoms with Crippen LogP contribution in [0.15, 0.2) is 42.5 Å². The molecule has 174 valence electrons. The predicted octanol–water partition coefficient (Wildman–Crippen LogP) is 4.62. The summed E-state index contributed by atoms with van der Waals surface area (Å²) in [5.41, 5.74) is 1.75. The van der Waals surface area contributed by atoms with E-state index in [-0.39, 0.29) is 43.0 Å². The van der Waals surface area contributed by atoms with Gasteiger partial charge in [-0.1, -0.05) is 22.9 Å². The van der Waals surface area contributed by atoms with Gasteiger partial charge in [0, 0.05) is 30.0 Å². The quantitative estimate of drug-likeness (QED) is 0.437. The largest absolute Gasteiger partial charge is 0.309 e. The Morgan fingerprint density at radius 3 is 2.36 bits per heavy atom. The molecule has 0 N–H and O–H groups in total. The van der Waals surface area contributed by atoms with Gasteiger partial charge in [0.2, 0.25) is 11.8 Å². The summed E-state index contributed by atoms with van der Waals surface area (Å²) in [4.78, 5) is 47.0. The molecule has 0 radical (unpaired) electrons. The molecule has 4 rings (SSSR count). The van der Waals surface area contributed by atoms with Gasteiger partial charge in [-0.2, -0.15) is 0 Å². The molecule has 2 heterocycles. The summed E-state index contributed by atoms with van der Waals surface area (Å²) in [5, 5.41) is 1.24. The van der Waals surface area contributed by atoms with Gasteiger partial charge in [-0.15, -0.1) is 12.4 Å². The highest BCUT2D eigenvalue weighted by Gasteiger charge is 2.30. The van der Waals surface area contributed by atoms with Crippen LogP contribution in [0.3, 0.4) is 0 Å². The number of hydrogen-bond donors (Lipinski definition) is 0. The molecule has 1 aliphatic heterocycles. The second kappa shape index (κ2) is 10.6. The van der Waals surface area contributed by atoms with Gasteiger partial charge in [0.15, 0.2) is 5.13 Å². The van der Waals surface area contributed by atoms with E-state index in [0.717, 1.165) is 23.2 Å². The maximum absolute atomic E-state index is 13.4. The van der Waals surface area contributed by atoms with Crippen LogP contribution in [-0.2, 0) is 9.59 Å². The molecule has 10 heteroatoms. The Morgan fingerprint density at radius 2 is 1.73 bits per heavy atom. The molecule has 33 heavy (non-hydrogen) atoms. The Labute approximate surface area is 207 Å². The summed E-state index contributed by atoms with van der Waals surface area (Å²) in [6.45, 7) is 1.34. The molecule has 0 bridgehead atoms. The lowest BCUT2D eigenvalue weighted by Crippen LogP contribution is -2.33. The number of imide groups is 1. The molecule has 2 aromatic carbocycles. The minimum atomic E-state index is -0.215. The first-order valence-electron chi connectivity index (χ1n) is 10.3. The molecule has 3 aromatic rings. The smallest absolute Gasteiger partial charge is 0.260 e. The average Bonchev–Trinajstić information content (AvgIpc) is 3.32. The van der Waals surface area contributed by atoms with Crippen molar-refractivity contribution in [1.82, 2.24) is 9.88 Å². The van der Waals surface area contributed by atoms with Gasteiger partial charge < -0.3 is 4.90 Å². The maximum atomic E-state index is 13.4. The summed E-state index contributed by atoms with van der Waals surface area (Å²) >= 11 is 7.54. The Kier molecular flexibility index (Phi) is 8.07. The highest BCUT2D eigenvalue weighted by atomic mass is 35.5. The first-order chi connectivity index (χ1) is 15.3. The van der Waals surface area contributed by atoms with Gasteiger partial charge in [-0.05, 0) is 69.5 Å². The molecule has 1 fully saturated rings. The third kappa shape index (κ3) is 5.52. The molecule has 1 aromatic heterocycles. The van der Waals surface area contributed by atoms with E-state index in [0.29, 0.717) is 27.9 Å². The van der Waals surface area contributed by atoms with Gasteiger partial charge in [0.1, 0.15) is 0 Å².